The van der Waals surface area contributed by atoms with Crippen molar-refractivity contribution in [3.63, 3.8) is 0 Å². The van der Waals surface area contributed by atoms with Crippen LogP contribution < -0.4 is 10.6 Å². The number of carbonyl (C=O) groups is 1. The molecule has 1 aromatic rings. The highest BCUT2D eigenvalue weighted by Gasteiger charge is 2.35. The number of benzene rings is 1. The average molecular weight is 309 g/mol. The summed E-state index contributed by atoms with van der Waals surface area (Å²) in [5.74, 6) is -0.398. The minimum absolute atomic E-state index is 0.0189. The van der Waals surface area contributed by atoms with Crippen LogP contribution in [0.3, 0.4) is 0 Å². The van der Waals surface area contributed by atoms with Crippen molar-refractivity contribution in [1.82, 2.24) is 9.62 Å². The SMILES string of the molecule is CCN(C1CNC1)S(=O)(=O)c1ccc2c(c1)C(C)C(=O)N2. The van der Waals surface area contributed by atoms with E-state index in [9.17, 15) is 13.2 Å². The maximum Gasteiger partial charge on any atom is 0.243 e. The zero-order chi connectivity index (χ0) is 15.2. The quantitative estimate of drug-likeness (QED) is 0.859. The standard InChI is InChI=1S/C14H19N3O3S/c1-3-17(10-7-15-8-10)21(19,20)11-4-5-13-12(6-11)9(2)14(18)16-13/h4-6,9-10,15H,3,7-8H2,1-2H3,(H,16,18). The summed E-state index contributed by atoms with van der Waals surface area (Å²) in [7, 11) is -3.52. The summed E-state index contributed by atoms with van der Waals surface area (Å²) >= 11 is 0. The summed E-state index contributed by atoms with van der Waals surface area (Å²) in [6.07, 6.45) is 0. The van der Waals surface area contributed by atoms with E-state index in [0.717, 1.165) is 5.56 Å². The lowest BCUT2D eigenvalue weighted by molar-refractivity contribution is -0.116. The molecule has 0 bridgehead atoms. The molecule has 2 aliphatic heterocycles. The number of fused-ring (bicyclic) bond motifs is 1. The fraction of sp³-hybridized carbons (Fsp3) is 0.500. The molecule has 1 atom stereocenters. The van der Waals surface area contributed by atoms with Gasteiger partial charge in [-0.2, -0.15) is 4.31 Å². The first kappa shape index (κ1) is 14.5. The fourth-order valence-corrected chi connectivity index (χ4v) is 4.46. The number of carbonyl (C=O) groups excluding carboxylic acids is 1. The van der Waals surface area contributed by atoms with Gasteiger partial charge >= 0.3 is 0 Å². The van der Waals surface area contributed by atoms with E-state index in [-0.39, 0.29) is 22.8 Å². The molecule has 7 heteroatoms. The van der Waals surface area contributed by atoms with Crippen molar-refractivity contribution in [2.45, 2.75) is 30.7 Å². The first-order chi connectivity index (χ1) is 9.95. The Labute approximate surface area is 124 Å². The minimum atomic E-state index is -3.52. The lowest BCUT2D eigenvalue weighted by Crippen LogP contribution is -2.58. The van der Waals surface area contributed by atoms with E-state index in [1.807, 2.05) is 6.92 Å². The molecule has 1 unspecified atom stereocenters. The molecule has 114 valence electrons. The second-order valence-electron chi connectivity index (χ2n) is 5.48. The molecular weight excluding hydrogens is 290 g/mol. The second kappa shape index (κ2) is 5.08. The van der Waals surface area contributed by atoms with E-state index < -0.39 is 10.0 Å². The molecule has 1 aromatic carbocycles. The van der Waals surface area contributed by atoms with Gasteiger partial charge < -0.3 is 10.6 Å². The number of anilines is 1. The van der Waals surface area contributed by atoms with Crippen molar-refractivity contribution in [1.29, 1.82) is 0 Å². The first-order valence-electron chi connectivity index (χ1n) is 7.12. The van der Waals surface area contributed by atoms with Gasteiger partial charge in [-0.25, -0.2) is 8.42 Å². The Hall–Kier alpha value is -1.44. The van der Waals surface area contributed by atoms with E-state index >= 15 is 0 Å². The van der Waals surface area contributed by atoms with E-state index in [0.29, 0.717) is 25.3 Å². The summed E-state index contributed by atoms with van der Waals surface area (Å²) in [6.45, 7) is 5.45. The Balaban J connectivity index is 1.98. The smallest absolute Gasteiger partial charge is 0.243 e. The fourth-order valence-electron chi connectivity index (χ4n) is 2.79. The Bertz CT molecular complexity index is 683. The third-order valence-electron chi connectivity index (χ3n) is 4.23. The lowest BCUT2D eigenvalue weighted by atomic mass is 10.0. The van der Waals surface area contributed by atoms with Crippen LogP contribution in [0, 0.1) is 0 Å². The molecule has 21 heavy (non-hydrogen) atoms. The number of likely N-dealkylation sites (N-methyl/N-ethyl adjacent to an activating group) is 1. The molecule has 0 aromatic heterocycles. The van der Waals surface area contributed by atoms with Gasteiger partial charge in [-0.1, -0.05) is 6.92 Å². The molecule has 6 nitrogen and oxygen atoms in total. The van der Waals surface area contributed by atoms with Crippen molar-refractivity contribution in [2.24, 2.45) is 0 Å². The van der Waals surface area contributed by atoms with Crippen molar-refractivity contribution < 1.29 is 13.2 Å². The number of hydrogen-bond acceptors (Lipinski definition) is 4. The van der Waals surface area contributed by atoms with Crippen LogP contribution in [0.2, 0.25) is 0 Å². The molecule has 2 aliphatic rings. The predicted molar refractivity (Wildman–Crippen MR) is 79.7 cm³/mol. The lowest BCUT2D eigenvalue weighted by Gasteiger charge is -2.36. The summed E-state index contributed by atoms with van der Waals surface area (Å²) in [4.78, 5) is 11.9. The molecule has 3 rings (SSSR count). The summed E-state index contributed by atoms with van der Waals surface area (Å²) in [5.41, 5.74) is 1.46. The van der Waals surface area contributed by atoms with Gasteiger partial charge in [0.05, 0.1) is 10.8 Å². The molecule has 0 radical (unpaired) electrons. The Morgan fingerprint density at radius 3 is 2.62 bits per heavy atom. The molecule has 0 spiro atoms. The normalized spacial score (nSPS) is 22.0. The van der Waals surface area contributed by atoms with Gasteiger partial charge in [-0.05, 0) is 30.7 Å². The van der Waals surface area contributed by atoms with Crippen LogP contribution in [0.4, 0.5) is 5.69 Å². The number of sulfonamides is 1. The predicted octanol–water partition coefficient (Wildman–Crippen LogP) is 0.725. The van der Waals surface area contributed by atoms with Crippen LogP contribution >= 0.6 is 0 Å². The summed E-state index contributed by atoms with van der Waals surface area (Å²) < 4.78 is 27.1. The number of amides is 1. The number of nitrogens with one attached hydrogen (secondary N) is 2. The van der Waals surface area contributed by atoms with Crippen molar-refractivity contribution in [2.75, 3.05) is 25.0 Å². The van der Waals surface area contributed by atoms with Gasteiger partial charge in [0.25, 0.3) is 0 Å². The van der Waals surface area contributed by atoms with Crippen LogP contribution in [0.1, 0.15) is 25.3 Å². The molecule has 2 heterocycles. The van der Waals surface area contributed by atoms with Gasteiger partial charge in [0.1, 0.15) is 0 Å². The molecule has 2 N–H and O–H groups in total. The molecule has 1 saturated heterocycles. The largest absolute Gasteiger partial charge is 0.325 e. The number of hydrogen-bond donors (Lipinski definition) is 2. The highest BCUT2D eigenvalue weighted by Crippen LogP contribution is 2.34. The van der Waals surface area contributed by atoms with Gasteiger partial charge in [0.2, 0.25) is 15.9 Å². The third-order valence-corrected chi connectivity index (χ3v) is 6.25. The molecule has 0 aliphatic carbocycles. The van der Waals surface area contributed by atoms with Crippen LogP contribution in [-0.4, -0.2) is 44.3 Å². The van der Waals surface area contributed by atoms with Crippen molar-refractivity contribution >= 4 is 21.6 Å². The molecular formula is C14H19N3O3S. The summed E-state index contributed by atoms with van der Waals surface area (Å²) in [5, 5.41) is 5.85. The topological polar surface area (TPSA) is 78.5 Å². The zero-order valence-electron chi connectivity index (χ0n) is 12.1. The zero-order valence-corrected chi connectivity index (χ0v) is 12.9. The molecule has 0 saturated carbocycles. The number of rotatable bonds is 4. The van der Waals surface area contributed by atoms with E-state index in [2.05, 4.69) is 10.6 Å². The monoisotopic (exact) mass is 309 g/mol. The average Bonchev–Trinajstić information content (AvgIpc) is 2.68. The Kier molecular flexibility index (Phi) is 3.51. The van der Waals surface area contributed by atoms with Gasteiger partial charge in [0, 0.05) is 31.4 Å². The third kappa shape index (κ3) is 2.25. The van der Waals surface area contributed by atoms with Crippen LogP contribution in [-0.2, 0) is 14.8 Å². The van der Waals surface area contributed by atoms with E-state index in [4.69, 9.17) is 0 Å². The second-order valence-corrected chi connectivity index (χ2v) is 7.37. The van der Waals surface area contributed by atoms with E-state index in [1.165, 1.54) is 4.31 Å². The highest BCUT2D eigenvalue weighted by atomic mass is 32.2. The maximum absolute atomic E-state index is 12.8. The van der Waals surface area contributed by atoms with Gasteiger partial charge in [-0.15, -0.1) is 0 Å². The van der Waals surface area contributed by atoms with Gasteiger partial charge in [-0.3, -0.25) is 4.79 Å². The molecule has 1 fully saturated rings. The van der Waals surface area contributed by atoms with Crippen LogP contribution in [0.5, 0.6) is 0 Å². The summed E-state index contributed by atoms with van der Waals surface area (Å²) in [6, 6.07) is 4.89. The first-order valence-corrected chi connectivity index (χ1v) is 8.56. The van der Waals surface area contributed by atoms with E-state index in [1.54, 1.807) is 25.1 Å². The van der Waals surface area contributed by atoms with Crippen molar-refractivity contribution in [3.05, 3.63) is 23.8 Å². The highest BCUT2D eigenvalue weighted by molar-refractivity contribution is 7.89. The maximum atomic E-state index is 12.8. The number of nitrogens with zero attached hydrogens (tertiary/aromatic N) is 1. The van der Waals surface area contributed by atoms with Crippen molar-refractivity contribution in [3.8, 4) is 0 Å². The van der Waals surface area contributed by atoms with Crippen LogP contribution in [0.15, 0.2) is 23.1 Å². The molecule has 1 amide bonds. The van der Waals surface area contributed by atoms with Crippen LogP contribution in [0.25, 0.3) is 0 Å². The minimum Gasteiger partial charge on any atom is -0.325 e. The Morgan fingerprint density at radius 2 is 2.05 bits per heavy atom. The Morgan fingerprint density at radius 1 is 1.33 bits per heavy atom. The van der Waals surface area contributed by atoms with Gasteiger partial charge in [0.15, 0.2) is 0 Å².